The van der Waals surface area contributed by atoms with Crippen molar-refractivity contribution in [1.82, 2.24) is 4.90 Å². The molecule has 0 unspecified atom stereocenters. The third-order valence-electron chi connectivity index (χ3n) is 5.63. The first-order valence-electron chi connectivity index (χ1n) is 10.1. The van der Waals surface area contributed by atoms with Crippen molar-refractivity contribution in [3.63, 3.8) is 0 Å². The van der Waals surface area contributed by atoms with Crippen molar-refractivity contribution < 1.29 is 9.59 Å². The molecule has 1 heterocycles. The molecule has 1 N–H and O–H groups in total. The van der Waals surface area contributed by atoms with Gasteiger partial charge in [-0.3, -0.25) is 14.6 Å². The lowest BCUT2D eigenvalue weighted by atomic mass is 10.00. The van der Waals surface area contributed by atoms with Crippen molar-refractivity contribution in [2.75, 3.05) is 11.9 Å². The zero-order chi connectivity index (χ0) is 20.3. The van der Waals surface area contributed by atoms with E-state index in [0.717, 1.165) is 44.1 Å². The number of anilines is 1. The Morgan fingerprint density at radius 2 is 1.76 bits per heavy atom. The van der Waals surface area contributed by atoms with E-state index in [1.807, 2.05) is 30.3 Å². The van der Waals surface area contributed by atoms with E-state index in [0.29, 0.717) is 16.4 Å². The number of amides is 2. The van der Waals surface area contributed by atoms with Gasteiger partial charge in [0.05, 0.1) is 0 Å². The molecular formula is C23H24ClN3O2. The summed E-state index contributed by atoms with van der Waals surface area (Å²) < 4.78 is 0. The normalized spacial score (nSPS) is 18.4. The average molecular weight is 410 g/mol. The van der Waals surface area contributed by atoms with Gasteiger partial charge < -0.3 is 10.2 Å². The molecular weight excluding hydrogens is 386 g/mol. The second kappa shape index (κ2) is 8.37. The summed E-state index contributed by atoms with van der Waals surface area (Å²) >= 11 is 6.01. The fourth-order valence-corrected chi connectivity index (χ4v) is 4.41. The lowest BCUT2D eigenvalue weighted by Gasteiger charge is -2.35. The van der Waals surface area contributed by atoms with Gasteiger partial charge in [0.15, 0.2) is 0 Å². The van der Waals surface area contributed by atoms with Gasteiger partial charge in [0, 0.05) is 16.3 Å². The number of carbonyl (C=O) groups is 2. The molecule has 1 aliphatic heterocycles. The largest absolute Gasteiger partial charge is 0.324 e. The number of rotatable bonds is 4. The Labute approximate surface area is 175 Å². The number of carbonyl (C=O) groups excluding carboxylic acids is 2. The van der Waals surface area contributed by atoms with Gasteiger partial charge in [-0.2, -0.15) is 0 Å². The molecule has 0 saturated heterocycles. The van der Waals surface area contributed by atoms with Gasteiger partial charge >= 0.3 is 0 Å². The van der Waals surface area contributed by atoms with Crippen LogP contribution >= 0.6 is 11.6 Å². The molecule has 4 rings (SSSR count). The topological polar surface area (TPSA) is 61.8 Å². The van der Waals surface area contributed by atoms with Crippen molar-refractivity contribution in [2.45, 2.75) is 44.2 Å². The van der Waals surface area contributed by atoms with Crippen LogP contribution in [0.15, 0.2) is 59.6 Å². The van der Waals surface area contributed by atoms with E-state index in [4.69, 9.17) is 16.6 Å². The van der Waals surface area contributed by atoms with Crippen LogP contribution in [0.25, 0.3) is 0 Å². The Balaban J connectivity index is 1.60. The molecule has 2 amide bonds. The first-order chi connectivity index (χ1) is 14.1. The van der Waals surface area contributed by atoms with Gasteiger partial charge in [-0.05, 0) is 43.9 Å². The first-order valence-corrected chi connectivity index (χ1v) is 10.5. The molecule has 2 aromatic carbocycles. The molecule has 0 radical (unpaired) electrons. The van der Waals surface area contributed by atoms with Crippen molar-refractivity contribution in [3.8, 4) is 0 Å². The maximum Gasteiger partial charge on any atom is 0.275 e. The van der Waals surface area contributed by atoms with Crippen LogP contribution in [-0.2, 0) is 9.59 Å². The Kier molecular flexibility index (Phi) is 5.67. The first kappa shape index (κ1) is 19.6. The number of hydrogen-bond acceptors (Lipinski definition) is 3. The van der Waals surface area contributed by atoms with Crippen molar-refractivity contribution in [1.29, 1.82) is 0 Å². The summed E-state index contributed by atoms with van der Waals surface area (Å²) in [6.07, 6.45) is 5.86. The van der Waals surface area contributed by atoms with Gasteiger partial charge in [-0.15, -0.1) is 0 Å². The molecule has 0 aromatic heterocycles. The minimum Gasteiger partial charge on any atom is -0.324 e. The molecule has 2 aliphatic rings. The molecule has 5 nitrogen and oxygen atoms in total. The van der Waals surface area contributed by atoms with Crippen molar-refractivity contribution in [2.24, 2.45) is 4.99 Å². The molecule has 0 atom stereocenters. The van der Waals surface area contributed by atoms with Gasteiger partial charge in [0.2, 0.25) is 5.91 Å². The number of nitrogens with zero attached hydrogens (tertiary/aromatic N) is 2. The Morgan fingerprint density at radius 3 is 2.45 bits per heavy atom. The van der Waals surface area contributed by atoms with Crippen molar-refractivity contribution >= 4 is 34.8 Å². The Bertz CT molecular complexity index is 934. The number of aliphatic imine (C=N–C) groups is 1. The SMILES string of the molecule is O=C(CN1C(=O)C(c2ccccc2)=NC12CCCCCC2)Nc1cccc(Cl)c1. The smallest absolute Gasteiger partial charge is 0.275 e. The number of hydrogen-bond donors (Lipinski definition) is 1. The van der Waals surface area contributed by atoms with E-state index < -0.39 is 5.66 Å². The van der Waals surface area contributed by atoms with E-state index >= 15 is 0 Å². The van der Waals surface area contributed by atoms with E-state index in [1.54, 1.807) is 29.2 Å². The lowest BCUT2D eigenvalue weighted by molar-refractivity contribution is -0.133. The maximum atomic E-state index is 13.3. The molecule has 2 aromatic rings. The van der Waals surface area contributed by atoms with Crippen LogP contribution in [0, 0.1) is 0 Å². The van der Waals surface area contributed by atoms with Crippen LogP contribution in [0.4, 0.5) is 5.69 Å². The predicted octanol–water partition coefficient (Wildman–Crippen LogP) is 4.66. The molecule has 0 bridgehead atoms. The standard InChI is InChI=1S/C23H24ClN3O2/c24-18-11-8-12-19(15-18)25-20(28)16-27-22(29)21(17-9-4-3-5-10-17)26-23(27)13-6-1-2-7-14-23/h3-5,8-12,15H,1-2,6-7,13-14,16H2,(H,25,28). The van der Waals surface area contributed by atoms with Gasteiger partial charge in [-0.1, -0.05) is 60.8 Å². The Hall–Kier alpha value is -2.66. The Morgan fingerprint density at radius 1 is 1.03 bits per heavy atom. The quantitative estimate of drug-likeness (QED) is 0.798. The second-order valence-corrected chi connectivity index (χ2v) is 8.11. The average Bonchev–Trinajstić information content (AvgIpc) is 2.86. The monoisotopic (exact) mass is 409 g/mol. The second-order valence-electron chi connectivity index (χ2n) is 7.67. The summed E-state index contributed by atoms with van der Waals surface area (Å²) in [6.45, 7) is -0.0226. The maximum absolute atomic E-state index is 13.3. The van der Waals surface area contributed by atoms with E-state index in [1.165, 1.54) is 0 Å². The third kappa shape index (κ3) is 4.20. The summed E-state index contributed by atoms with van der Waals surface area (Å²) in [6, 6.07) is 16.5. The number of benzene rings is 2. The van der Waals surface area contributed by atoms with Crippen molar-refractivity contribution in [3.05, 3.63) is 65.2 Å². The minimum absolute atomic E-state index is 0.0226. The van der Waals surface area contributed by atoms with Gasteiger partial charge in [0.25, 0.3) is 5.91 Å². The molecule has 1 saturated carbocycles. The molecule has 1 fully saturated rings. The summed E-state index contributed by atoms with van der Waals surface area (Å²) in [7, 11) is 0. The van der Waals surface area contributed by atoms with Gasteiger partial charge in [-0.25, -0.2) is 0 Å². The van der Waals surface area contributed by atoms with Crippen LogP contribution in [0.2, 0.25) is 5.02 Å². The highest BCUT2D eigenvalue weighted by atomic mass is 35.5. The molecule has 1 spiro atoms. The lowest BCUT2D eigenvalue weighted by Crippen LogP contribution is -2.50. The zero-order valence-corrected chi connectivity index (χ0v) is 17.0. The van der Waals surface area contributed by atoms with Crippen LogP contribution < -0.4 is 5.32 Å². The summed E-state index contributed by atoms with van der Waals surface area (Å²) in [4.78, 5) is 32.7. The molecule has 1 aliphatic carbocycles. The van der Waals surface area contributed by atoms with E-state index in [2.05, 4.69) is 5.32 Å². The number of halogens is 1. The highest BCUT2D eigenvalue weighted by Gasteiger charge is 2.47. The summed E-state index contributed by atoms with van der Waals surface area (Å²) in [5.74, 6) is -0.409. The molecule has 29 heavy (non-hydrogen) atoms. The molecule has 6 heteroatoms. The summed E-state index contributed by atoms with van der Waals surface area (Å²) in [5, 5.41) is 3.41. The number of nitrogens with one attached hydrogen (secondary N) is 1. The fraction of sp³-hybridized carbons (Fsp3) is 0.348. The van der Waals surface area contributed by atoms with Crippen LogP contribution in [0.3, 0.4) is 0 Å². The third-order valence-corrected chi connectivity index (χ3v) is 5.87. The highest BCUT2D eigenvalue weighted by Crippen LogP contribution is 2.38. The van der Waals surface area contributed by atoms with Crippen LogP contribution in [0.5, 0.6) is 0 Å². The highest BCUT2D eigenvalue weighted by molar-refractivity contribution is 6.47. The zero-order valence-electron chi connectivity index (χ0n) is 16.2. The van der Waals surface area contributed by atoms with Gasteiger partial charge in [0.1, 0.15) is 17.9 Å². The van der Waals surface area contributed by atoms with Crippen LogP contribution in [0.1, 0.15) is 44.1 Å². The summed E-state index contributed by atoms with van der Waals surface area (Å²) in [5.41, 5.74) is 1.26. The predicted molar refractivity (Wildman–Crippen MR) is 115 cm³/mol. The van der Waals surface area contributed by atoms with E-state index in [-0.39, 0.29) is 18.4 Å². The molecule has 150 valence electrons. The minimum atomic E-state index is -0.621. The van der Waals surface area contributed by atoms with Crippen LogP contribution in [-0.4, -0.2) is 34.6 Å². The fourth-order valence-electron chi connectivity index (χ4n) is 4.22. The van der Waals surface area contributed by atoms with E-state index in [9.17, 15) is 9.59 Å².